The predicted molar refractivity (Wildman–Crippen MR) is 110 cm³/mol. The number of ether oxygens (including phenoxy) is 1. The molecule has 2 heterocycles. The first-order valence-electron chi connectivity index (χ1n) is 9.16. The summed E-state index contributed by atoms with van der Waals surface area (Å²) in [5.41, 5.74) is 7.11. The number of aliphatic imine (C=N–C) groups is 1. The van der Waals surface area contributed by atoms with E-state index in [1.54, 1.807) is 6.08 Å². The van der Waals surface area contributed by atoms with Crippen LogP contribution in [-0.4, -0.2) is 21.6 Å². The van der Waals surface area contributed by atoms with Crippen LogP contribution in [0.4, 0.5) is 0 Å². The fourth-order valence-corrected chi connectivity index (χ4v) is 3.39. The largest absolute Gasteiger partial charge is 0.402 e. The Morgan fingerprint density at radius 2 is 1.75 bits per heavy atom. The van der Waals surface area contributed by atoms with Crippen LogP contribution in [-0.2, 0) is 9.53 Å². The van der Waals surface area contributed by atoms with Crippen molar-refractivity contribution in [1.29, 1.82) is 0 Å². The van der Waals surface area contributed by atoms with Gasteiger partial charge in [-0.2, -0.15) is 5.10 Å². The summed E-state index contributed by atoms with van der Waals surface area (Å²) < 4.78 is 7.27. The maximum absolute atomic E-state index is 12.3. The van der Waals surface area contributed by atoms with E-state index < -0.39 is 5.97 Å². The third-order valence-corrected chi connectivity index (χ3v) is 4.85. The number of carbonyl (C=O) groups is 1. The van der Waals surface area contributed by atoms with Crippen LogP contribution in [0.15, 0.2) is 59.2 Å². The van der Waals surface area contributed by atoms with Crippen molar-refractivity contribution >= 4 is 17.9 Å². The van der Waals surface area contributed by atoms with Gasteiger partial charge in [0.15, 0.2) is 5.70 Å². The molecule has 0 spiro atoms. The second-order valence-electron chi connectivity index (χ2n) is 6.99. The van der Waals surface area contributed by atoms with Crippen molar-refractivity contribution in [1.82, 2.24) is 9.78 Å². The number of cyclic esters (lactones) is 1. The molecule has 4 rings (SSSR count). The zero-order valence-corrected chi connectivity index (χ0v) is 16.4. The highest BCUT2D eigenvalue weighted by atomic mass is 16.6. The van der Waals surface area contributed by atoms with Gasteiger partial charge in [0.25, 0.3) is 0 Å². The van der Waals surface area contributed by atoms with Crippen molar-refractivity contribution in [2.45, 2.75) is 27.7 Å². The Hall–Kier alpha value is -3.47. The molecule has 0 unspecified atom stereocenters. The highest BCUT2D eigenvalue weighted by Crippen LogP contribution is 2.25. The van der Waals surface area contributed by atoms with Crippen LogP contribution < -0.4 is 0 Å². The molecule has 0 N–H and O–H groups in total. The van der Waals surface area contributed by atoms with Crippen molar-refractivity contribution in [2.24, 2.45) is 4.99 Å². The molecule has 0 fully saturated rings. The van der Waals surface area contributed by atoms with Crippen LogP contribution in [0.2, 0.25) is 0 Å². The molecule has 1 aliphatic rings. The average Bonchev–Trinajstić information content (AvgIpc) is 3.17. The molecule has 2 aromatic carbocycles. The minimum absolute atomic E-state index is 0.283. The number of benzene rings is 2. The van der Waals surface area contributed by atoms with Crippen LogP contribution >= 0.6 is 0 Å². The molecule has 5 heteroatoms. The standard InChI is InChI=1S/C23H21N3O2/c1-14-10-11-21(15(2)12-14)26-17(4)19(16(3)25-26)13-20-23(27)28-22(24-20)18-8-6-5-7-9-18/h5-13H,1-4H3. The highest BCUT2D eigenvalue weighted by molar-refractivity contribution is 6.12. The fourth-order valence-electron chi connectivity index (χ4n) is 3.39. The maximum atomic E-state index is 12.3. The topological polar surface area (TPSA) is 56.5 Å². The van der Waals surface area contributed by atoms with Gasteiger partial charge in [-0.1, -0.05) is 35.9 Å². The second kappa shape index (κ2) is 6.93. The highest BCUT2D eigenvalue weighted by Gasteiger charge is 2.25. The van der Waals surface area contributed by atoms with Crippen LogP contribution in [0, 0.1) is 27.7 Å². The van der Waals surface area contributed by atoms with E-state index in [0.29, 0.717) is 5.90 Å². The molecule has 0 saturated carbocycles. The van der Waals surface area contributed by atoms with Gasteiger partial charge < -0.3 is 4.74 Å². The summed E-state index contributed by atoms with van der Waals surface area (Å²) in [5.74, 6) is -0.120. The Morgan fingerprint density at radius 3 is 2.46 bits per heavy atom. The SMILES string of the molecule is Cc1ccc(-n2nc(C)c(C=C3N=C(c4ccccc4)OC3=O)c2C)c(C)c1. The molecule has 0 bridgehead atoms. The van der Waals surface area contributed by atoms with Crippen molar-refractivity contribution in [3.8, 4) is 5.69 Å². The van der Waals surface area contributed by atoms with Gasteiger partial charge in [0, 0.05) is 16.8 Å². The molecule has 1 aliphatic heterocycles. The lowest BCUT2D eigenvalue weighted by atomic mass is 10.1. The van der Waals surface area contributed by atoms with E-state index in [9.17, 15) is 4.79 Å². The quantitative estimate of drug-likeness (QED) is 0.505. The van der Waals surface area contributed by atoms with E-state index in [2.05, 4.69) is 42.1 Å². The number of esters is 1. The van der Waals surface area contributed by atoms with Gasteiger partial charge in [-0.15, -0.1) is 0 Å². The third-order valence-electron chi connectivity index (χ3n) is 4.85. The average molecular weight is 371 g/mol. The Balaban J connectivity index is 1.75. The first-order valence-corrected chi connectivity index (χ1v) is 9.16. The summed E-state index contributed by atoms with van der Waals surface area (Å²) in [6.45, 7) is 8.07. The fraction of sp³-hybridized carbons (Fsp3) is 0.174. The molecule has 3 aromatic rings. The number of carbonyl (C=O) groups excluding carboxylic acids is 1. The molecule has 0 amide bonds. The Bertz CT molecular complexity index is 1140. The summed E-state index contributed by atoms with van der Waals surface area (Å²) in [6, 6.07) is 15.7. The summed E-state index contributed by atoms with van der Waals surface area (Å²) in [4.78, 5) is 16.7. The molecule has 28 heavy (non-hydrogen) atoms. The Labute approximate surface area is 164 Å². The number of hydrogen-bond acceptors (Lipinski definition) is 4. The third kappa shape index (κ3) is 3.16. The summed E-state index contributed by atoms with van der Waals surface area (Å²) in [7, 11) is 0. The van der Waals surface area contributed by atoms with Gasteiger partial charge in [0.1, 0.15) is 0 Å². The second-order valence-corrected chi connectivity index (χ2v) is 6.99. The van der Waals surface area contributed by atoms with Crippen molar-refractivity contribution in [2.75, 3.05) is 0 Å². The minimum Gasteiger partial charge on any atom is -0.402 e. The van der Waals surface area contributed by atoms with E-state index in [0.717, 1.165) is 33.8 Å². The van der Waals surface area contributed by atoms with Gasteiger partial charge in [0.05, 0.1) is 11.4 Å². The number of nitrogens with zero attached hydrogens (tertiary/aromatic N) is 3. The number of rotatable bonds is 3. The normalized spacial score (nSPS) is 15.1. The van der Waals surface area contributed by atoms with E-state index in [-0.39, 0.29) is 5.70 Å². The van der Waals surface area contributed by atoms with Gasteiger partial charge >= 0.3 is 5.97 Å². The smallest absolute Gasteiger partial charge is 0.363 e. The molecule has 0 atom stereocenters. The van der Waals surface area contributed by atoms with E-state index in [1.165, 1.54) is 5.56 Å². The predicted octanol–water partition coefficient (Wildman–Crippen LogP) is 4.45. The van der Waals surface area contributed by atoms with Gasteiger partial charge in [0.2, 0.25) is 5.90 Å². The summed E-state index contributed by atoms with van der Waals surface area (Å²) in [5, 5.41) is 4.69. The number of hydrogen-bond donors (Lipinski definition) is 0. The lowest BCUT2D eigenvalue weighted by molar-refractivity contribution is -0.129. The zero-order valence-electron chi connectivity index (χ0n) is 16.4. The monoisotopic (exact) mass is 371 g/mol. The molecular weight excluding hydrogens is 350 g/mol. The van der Waals surface area contributed by atoms with E-state index >= 15 is 0 Å². The lowest BCUT2D eigenvalue weighted by Gasteiger charge is -2.09. The van der Waals surface area contributed by atoms with Crippen molar-refractivity contribution < 1.29 is 9.53 Å². The van der Waals surface area contributed by atoms with Gasteiger partial charge in [-0.25, -0.2) is 14.5 Å². The van der Waals surface area contributed by atoms with E-state index in [1.807, 2.05) is 48.9 Å². The van der Waals surface area contributed by atoms with Crippen LogP contribution in [0.5, 0.6) is 0 Å². The molecule has 0 aliphatic carbocycles. The van der Waals surface area contributed by atoms with Crippen LogP contribution in [0.25, 0.3) is 11.8 Å². The Kier molecular flexibility index (Phi) is 4.43. The molecule has 0 saturated heterocycles. The molecular formula is C23H21N3O2. The molecule has 0 radical (unpaired) electrons. The first-order chi connectivity index (χ1) is 13.4. The minimum atomic E-state index is -0.447. The molecule has 1 aromatic heterocycles. The van der Waals surface area contributed by atoms with Crippen molar-refractivity contribution in [3.63, 3.8) is 0 Å². The van der Waals surface area contributed by atoms with Gasteiger partial charge in [-0.05, 0) is 57.5 Å². The van der Waals surface area contributed by atoms with E-state index in [4.69, 9.17) is 4.74 Å². The number of aromatic nitrogens is 2. The summed E-state index contributed by atoms with van der Waals surface area (Å²) in [6.07, 6.45) is 1.76. The Morgan fingerprint density at radius 1 is 1.00 bits per heavy atom. The number of aryl methyl sites for hydroxylation is 3. The lowest BCUT2D eigenvalue weighted by Crippen LogP contribution is -2.05. The first kappa shape index (κ1) is 17.9. The summed E-state index contributed by atoms with van der Waals surface area (Å²) >= 11 is 0. The van der Waals surface area contributed by atoms with Crippen molar-refractivity contribution in [3.05, 3.63) is 87.9 Å². The van der Waals surface area contributed by atoms with Gasteiger partial charge in [-0.3, -0.25) is 0 Å². The maximum Gasteiger partial charge on any atom is 0.363 e. The zero-order chi connectivity index (χ0) is 19.8. The van der Waals surface area contributed by atoms with Crippen LogP contribution in [0.3, 0.4) is 0 Å². The molecule has 140 valence electrons. The molecule has 5 nitrogen and oxygen atoms in total. The van der Waals surface area contributed by atoms with Crippen LogP contribution in [0.1, 0.15) is 33.6 Å².